The molecule has 1 aromatic rings. The van der Waals surface area contributed by atoms with Gasteiger partial charge in [0.25, 0.3) is 0 Å². The molecule has 0 radical (unpaired) electrons. The van der Waals surface area contributed by atoms with Crippen molar-refractivity contribution in [2.24, 2.45) is 0 Å². The first kappa shape index (κ1) is 14.1. The van der Waals surface area contributed by atoms with Crippen LogP contribution in [0.5, 0.6) is 0 Å². The van der Waals surface area contributed by atoms with Gasteiger partial charge in [-0.25, -0.2) is 0 Å². The van der Waals surface area contributed by atoms with Gasteiger partial charge in [-0.3, -0.25) is 4.79 Å². The largest absolute Gasteiger partial charge is 0.468 e. The Morgan fingerprint density at radius 1 is 1.47 bits per heavy atom. The molecule has 0 spiro atoms. The van der Waals surface area contributed by atoms with Crippen molar-refractivity contribution in [1.82, 2.24) is 5.32 Å². The molecule has 0 atom stereocenters. The molecule has 1 aromatic carbocycles. The number of carbonyl (C=O) groups excluding carboxylic acids is 1. The number of hydrogen-bond acceptors (Lipinski definition) is 4. The summed E-state index contributed by atoms with van der Waals surface area (Å²) in [5.41, 5.74) is 2.47. The molecule has 0 saturated carbocycles. The topological polar surface area (TPSA) is 38.3 Å². The third kappa shape index (κ3) is 4.79. The number of methoxy groups -OCH3 is 1. The number of hydrogen-bond donors (Lipinski definition) is 1. The standard InChI is InChI=1S/C13H19NO2S/c1-4-14-8-11-7-10(2)5-6-12(11)17-9-13(15)16-3/h5-7,14H,4,8-9H2,1-3H3. The lowest BCUT2D eigenvalue weighted by atomic mass is 10.1. The molecule has 0 amide bonds. The lowest BCUT2D eigenvalue weighted by Gasteiger charge is -2.10. The predicted molar refractivity (Wildman–Crippen MR) is 71.3 cm³/mol. The number of nitrogens with one attached hydrogen (secondary N) is 1. The van der Waals surface area contributed by atoms with Gasteiger partial charge in [-0.05, 0) is 25.1 Å². The quantitative estimate of drug-likeness (QED) is 0.624. The number of ether oxygens (including phenoxy) is 1. The summed E-state index contributed by atoms with van der Waals surface area (Å²) in [4.78, 5) is 12.3. The molecular formula is C13H19NO2S. The lowest BCUT2D eigenvalue weighted by molar-refractivity contribution is -0.137. The van der Waals surface area contributed by atoms with Gasteiger partial charge in [-0.1, -0.05) is 24.6 Å². The SMILES string of the molecule is CCNCc1cc(C)ccc1SCC(=O)OC. The van der Waals surface area contributed by atoms with Crippen molar-refractivity contribution in [3.63, 3.8) is 0 Å². The molecule has 0 aliphatic heterocycles. The van der Waals surface area contributed by atoms with Gasteiger partial charge in [0.15, 0.2) is 0 Å². The van der Waals surface area contributed by atoms with Crippen molar-refractivity contribution in [3.8, 4) is 0 Å². The van der Waals surface area contributed by atoms with Crippen LogP contribution in [0.15, 0.2) is 23.1 Å². The molecule has 0 aliphatic carbocycles. The molecule has 3 nitrogen and oxygen atoms in total. The Labute approximate surface area is 107 Å². The fraction of sp³-hybridized carbons (Fsp3) is 0.462. The number of benzene rings is 1. The minimum atomic E-state index is -0.190. The Kier molecular flexibility index (Phi) is 6.08. The number of esters is 1. The van der Waals surface area contributed by atoms with E-state index >= 15 is 0 Å². The summed E-state index contributed by atoms with van der Waals surface area (Å²) < 4.78 is 4.64. The molecule has 4 heteroatoms. The third-order valence-electron chi connectivity index (χ3n) is 2.35. The van der Waals surface area contributed by atoms with Crippen molar-refractivity contribution in [1.29, 1.82) is 0 Å². The Morgan fingerprint density at radius 2 is 2.24 bits per heavy atom. The van der Waals surface area contributed by atoms with Crippen LogP contribution in [0, 0.1) is 6.92 Å². The second kappa shape index (κ2) is 7.35. The highest BCUT2D eigenvalue weighted by molar-refractivity contribution is 8.00. The minimum Gasteiger partial charge on any atom is -0.468 e. The van der Waals surface area contributed by atoms with Gasteiger partial charge >= 0.3 is 5.97 Å². The Hall–Kier alpha value is -1.00. The van der Waals surface area contributed by atoms with E-state index in [9.17, 15) is 4.79 Å². The van der Waals surface area contributed by atoms with Crippen molar-refractivity contribution >= 4 is 17.7 Å². The zero-order valence-corrected chi connectivity index (χ0v) is 11.4. The summed E-state index contributed by atoms with van der Waals surface area (Å²) in [6.45, 7) is 5.93. The van der Waals surface area contributed by atoms with E-state index in [0.29, 0.717) is 5.75 Å². The normalized spacial score (nSPS) is 10.3. The molecular weight excluding hydrogens is 234 g/mol. The van der Waals surface area contributed by atoms with Gasteiger partial charge < -0.3 is 10.1 Å². The first-order chi connectivity index (χ1) is 8.17. The zero-order chi connectivity index (χ0) is 12.7. The van der Waals surface area contributed by atoms with E-state index in [1.54, 1.807) is 0 Å². The van der Waals surface area contributed by atoms with Crippen molar-refractivity contribution < 1.29 is 9.53 Å². The first-order valence-corrected chi connectivity index (χ1v) is 6.65. The van der Waals surface area contributed by atoms with Gasteiger partial charge in [0.05, 0.1) is 12.9 Å². The van der Waals surface area contributed by atoms with Gasteiger partial charge in [-0.2, -0.15) is 0 Å². The molecule has 0 unspecified atom stereocenters. The van der Waals surface area contributed by atoms with Crippen LogP contribution in [0.1, 0.15) is 18.1 Å². The first-order valence-electron chi connectivity index (χ1n) is 5.67. The van der Waals surface area contributed by atoms with Gasteiger partial charge in [0.1, 0.15) is 0 Å². The van der Waals surface area contributed by atoms with E-state index < -0.39 is 0 Å². The molecule has 1 N–H and O–H groups in total. The molecule has 1 rings (SSSR count). The highest BCUT2D eigenvalue weighted by Crippen LogP contribution is 2.24. The Bertz CT molecular complexity index is 380. The predicted octanol–water partition coefficient (Wildman–Crippen LogP) is 2.37. The molecule has 0 saturated heterocycles. The highest BCUT2D eigenvalue weighted by Gasteiger charge is 2.06. The maximum atomic E-state index is 11.1. The minimum absolute atomic E-state index is 0.190. The second-order valence-electron chi connectivity index (χ2n) is 3.76. The lowest BCUT2D eigenvalue weighted by Crippen LogP contribution is -2.13. The van der Waals surface area contributed by atoms with E-state index in [2.05, 4.69) is 42.1 Å². The van der Waals surface area contributed by atoms with E-state index in [0.717, 1.165) is 18.0 Å². The summed E-state index contributed by atoms with van der Waals surface area (Å²) in [5.74, 6) is 0.170. The third-order valence-corrected chi connectivity index (χ3v) is 3.44. The van der Waals surface area contributed by atoms with Crippen LogP contribution in [-0.2, 0) is 16.1 Å². The van der Waals surface area contributed by atoms with E-state index in [1.807, 2.05) is 0 Å². The van der Waals surface area contributed by atoms with Crippen LogP contribution in [0.4, 0.5) is 0 Å². The van der Waals surface area contributed by atoms with Crippen LogP contribution in [0.2, 0.25) is 0 Å². The monoisotopic (exact) mass is 253 g/mol. The Morgan fingerprint density at radius 3 is 2.88 bits per heavy atom. The fourth-order valence-corrected chi connectivity index (χ4v) is 2.31. The molecule has 0 fully saturated rings. The van der Waals surface area contributed by atoms with Crippen molar-refractivity contribution in [3.05, 3.63) is 29.3 Å². The average molecular weight is 253 g/mol. The molecule has 0 heterocycles. The van der Waals surface area contributed by atoms with Crippen LogP contribution < -0.4 is 5.32 Å². The van der Waals surface area contributed by atoms with Crippen LogP contribution >= 0.6 is 11.8 Å². The van der Waals surface area contributed by atoms with Gasteiger partial charge in [-0.15, -0.1) is 11.8 Å². The summed E-state index contributed by atoms with van der Waals surface area (Å²) in [6.07, 6.45) is 0. The molecule has 0 aliphatic rings. The summed E-state index contributed by atoms with van der Waals surface area (Å²) in [6, 6.07) is 6.28. The number of aryl methyl sites for hydroxylation is 1. The van der Waals surface area contributed by atoms with E-state index in [-0.39, 0.29) is 5.97 Å². The fourth-order valence-electron chi connectivity index (χ4n) is 1.44. The molecule has 17 heavy (non-hydrogen) atoms. The van der Waals surface area contributed by atoms with E-state index in [1.165, 1.54) is 30.0 Å². The van der Waals surface area contributed by atoms with Crippen molar-refractivity contribution in [2.45, 2.75) is 25.3 Å². The highest BCUT2D eigenvalue weighted by atomic mass is 32.2. The number of rotatable bonds is 6. The van der Waals surface area contributed by atoms with Crippen LogP contribution in [0.3, 0.4) is 0 Å². The van der Waals surface area contributed by atoms with Crippen molar-refractivity contribution in [2.75, 3.05) is 19.4 Å². The van der Waals surface area contributed by atoms with Crippen LogP contribution in [-0.4, -0.2) is 25.4 Å². The molecule has 0 aromatic heterocycles. The summed E-state index contributed by atoms with van der Waals surface area (Å²) in [5, 5.41) is 3.30. The molecule has 0 bridgehead atoms. The Balaban J connectivity index is 2.71. The van der Waals surface area contributed by atoms with Crippen LogP contribution in [0.25, 0.3) is 0 Å². The number of thioether (sulfide) groups is 1. The maximum absolute atomic E-state index is 11.1. The smallest absolute Gasteiger partial charge is 0.315 e. The average Bonchev–Trinajstić information content (AvgIpc) is 2.34. The zero-order valence-electron chi connectivity index (χ0n) is 10.6. The van der Waals surface area contributed by atoms with Gasteiger partial charge in [0, 0.05) is 11.4 Å². The van der Waals surface area contributed by atoms with Gasteiger partial charge in [0.2, 0.25) is 0 Å². The number of carbonyl (C=O) groups is 1. The molecule has 94 valence electrons. The summed E-state index contributed by atoms with van der Waals surface area (Å²) >= 11 is 1.52. The summed E-state index contributed by atoms with van der Waals surface area (Å²) in [7, 11) is 1.41. The second-order valence-corrected chi connectivity index (χ2v) is 4.77. The maximum Gasteiger partial charge on any atom is 0.315 e. The van der Waals surface area contributed by atoms with E-state index in [4.69, 9.17) is 0 Å².